The van der Waals surface area contributed by atoms with Gasteiger partial charge in [0.1, 0.15) is 29.8 Å². The predicted molar refractivity (Wildman–Crippen MR) is 123 cm³/mol. The Bertz CT molecular complexity index is 1180. The van der Waals surface area contributed by atoms with Gasteiger partial charge in [0.15, 0.2) is 0 Å². The van der Waals surface area contributed by atoms with Crippen molar-refractivity contribution in [2.24, 2.45) is 0 Å². The number of halogens is 2. The Morgan fingerprint density at radius 3 is 2.55 bits per heavy atom. The molecule has 0 aliphatic carbocycles. The van der Waals surface area contributed by atoms with Crippen LogP contribution in [0.3, 0.4) is 0 Å². The number of ether oxygens (including phenoxy) is 1. The van der Waals surface area contributed by atoms with Crippen molar-refractivity contribution in [2.45, 2.75) is 20.5 Å². The minimum absolute atomic E-state index is 0.00668. The zero-order chi connectivity index (χ0) is 22.4. The third-order valence-electron chi connectivity index (χ3n) is 4.58. The molecule has 4 nitrogen and oxygen atoms in total. The van der Waals surface area contributed by atoms with Crippen LogP contribution in [0.1, 0.15) is 22.3 Å². The number of benzene rings is 3. The molecule has 0 spiro atoms. The molecule has 0 radical (unpaired) electrons. The van der Waals surface area contributed by atoms with Crippen LogP contribution < -0.4 is 10.1 Å². The molecular formula is C25H20BrFN2O2. The van der Waals surface area contributed by atoms with Gasteiger partial charge in [0.2, 0.25) is 0 Å². The lowest BCUT2D eigenvalue weighted by atomic mass is 10.1. The first kappa shape index (κ1) is 22.3. The highest BCUT2D eigenvalue weighted by molar-refractivity contribution is 9.10. The SMILES string of the molecule is Cc1ccc(C)c(NC(=O)/C(C#N)=C/c2ccc(OCc3ccc(F)cc3)c(Br)c2)c1. The molecule has 0 saturated carbocycles. The Morgan fingerprint density at radius 2 is 1.87 bits per heavy atom. The van der Waals surface area contributed by atoms with Gasteiger partial charge in [-0.3, -0.25) is 4.79 Å². The number of nitrogens with one attached hydrogen (secondary N) is 1. The number of nitrogens with zero attached hydrogens (tertiary/aromatic N) is 1. The van der Waals surface area contributed by atoms with E-state index in [1.165, 1.54) is 18.2 Å². The summed E-state index contributed by atoms with van der Waals surface area (Å²) in [6.45, 7) is 4.12. The normalized spacial score (nSPS) is 11.0. The minimum Gasteiger partial charge on any atom is -0.488 e. The van der Waals surface area contributed by atoms with Crippen molar-refractivity contribution < 1.29 is 13.9 Å². The second-order valence-electron chi connectivity index (χ2n) is 7.05. The summed E-state index contributed by atoms with van der Waals surface area (Å²) in [5.41, 5.74) is 4.12. The summed E-state index contributed by atoms with van der Waals surface area (Å²) in [5.74, 6) is -0.167. The highest BCUT2D eigenvalue weighted by Gasteiger charge is 2.12. The number of anilines is 1. The van der Waals surface area contributed by atoms with Gasteiger partial charge in [-0.05, 0) is 88.4 Å². The summed E-state index contributed by atoms with van der Waals surface area (Å²) in [7, 11) is 0. The third-order valence-corrected chi connectivity index (χ3v) is 5.20. The number of rotatable bonds is 6. The van der Waals surface area contributed by atoms with E-state index in [0.29, 0.717) is 21.5 Å². The van der Waals surface area contributed by atoms with E-state index in [0.717, 1.165) is 16.7 Å². The van der Waals surface area contributed by atoms with E-state index >= 15 is 0 Å². The maximum Gasteiger partial charge on any atom is 0.266 e. The fourth-order valence-electron chi connectivity index (χ4n) is 2.84. The van der Waals surface area contributed by atoms with E-state index in [9.17, 15) is 14.4 Å². The number of nitriles is 1. The van der Waals surface area contributed by atoms with Crippen molar-refractivity contribution in [2.75, 3.05) is 5.32 Å². The van der Waals surface area contributed by atoms with Crippen LogP contribution >= 0.6 is 15.9 Å². The van der Waals surface area contributed by atoms with Crippen LogP contribution in [-0.4, -0.2) is 5.91 Å². The van der Waals surface area contributed by atoms with Gasteiger partial charge in [-0.2, -0.15) is 5.26 Å². The summed E-state index contributed by atoms with van der Waals surface area (Å²) >= 11 is 3.45. The van der Waals surface area contributed by atoms with Crippen LogP contribution in [0, 0.1) is 31.0 Å². The Kier molecular flexibility index (Phi) is 7.22. The summed E-state index contributed by atoms with van der Waals surface area (Å²) in [6.07, 6.45) is 1.52. The maximum absolute atomic E-state index is 13.0. The number of aryl methyl sites for hydroxylation is 2. The van der Waals surface area contributed by atoms with Crippen LogP contribution in [-0.2, 0) is 11.4 Å². The van der Waals surface area contributed by atoms with E-state index < -0.39 is 5.91 Å². The number of hydrogen-bond acceptors (Lipinski definition) is 3. The van der Waals surface area contributed by atoms with Gasteiger partial charge in [0.05, 0.1) is 4.47 Å². The maximum atomic E-state index is 13.0. The van der Waals surface area contributed by atoms with Gasteiger partial charge in [-0.15, -0.1) is 0 Å². The van der Waals surface area contributed by atoms with E-state index in [-0.39, 0.29) is 18.0 Å². The van der Waals surface area contributed by atoms with Crippen LogP contribution in [0.25, 0.3) is 6.08 Å². The lowest BCUT2D eigenvalue weighted by molar-refractivity contribution is -0.112. The first-order valence-electron chi connectivity index (χ1n) is 9.53. The third kappa shape index (κ3) is 6.03. The highest BCUT2D eigenvalue weighted by Crippen LogP contribution is 2.28. The molecule has 0 aliphatic heterocycles. The molecule has 0 aliphatic rings. The second-order valence-corrected chi connectivity index (χ2v) is 7.90. The van der Waals surface area contributed by atoms with Gasteiger partial charge >= 0.3 is 0 Å². The van der Waals surface area contributed by atoms with E-state index in [1.54, 1.807) is 30.3 Å². The van der Waals surface area contributed by atoms with Crippen molar-refractivity contribution >= 4 is 33.6 Å². The molecule has 0 saturated heterocycles. The monoisotopic (exact) mass is 478 g/mol. The Morgan fingerprint density at radius 1 is 1.13 bits per heavy atom. The van der Waals surface area contributed by atoms with Crippen molar-refractivity contribution in [1.82, 2.24) is 0 Å². The second kappa shape index (κ2) is 10.1. The molecule has 0 fully saturated rings. The van der Waals surface area contributed by atoms with Gasteiger partial charge in [-0.25, -0.2) is 4.39 Å². The van der Waals surface area contributed by atoms with Crippen LogP contribution in [0.4, 0.5) is 10.1 Å². The number of carbonyl (C=O) groups is 1. The molecule has 1 N–H and O–H groups in total. The molecule has 0 unspecified atom stereocenters. The average Bonchev–Trinajstić information content (AvgIpc) is 2.75. The molecule has 6 heteroatoms. The van der Waals surface area contributed by atoms with E-state index in [1.807, 2.05) is 38.1 Å². The molecule has 0 aromatic heterocycles. The first-order valence-corrected chi connectivity index (χ1v) is 10.3. The number of amides is 1. The lowest BCUT2D eigenvalue weighted by Gasteiger charge is -2.10. The van der Waals surface area contributed by atoms with Crippen LogP contribution in [0.2, 0.25) is 0 Å². The molecule has 0 bridgehead atoms. The number of carbonyl (C=O) groups excluding carboxylic acids is 1. The fourth-order valence-corrected chi connectivity index (χ4v) is 3.35. The zero-order valence-electron chi connectivity index (χ0n) is 17.1. The summed E-state index contributed by atoms with van der Waals surface area (Å²) in [5, 5.41) is 12.3. The van der Waals surface area contributed by atoms with Crippen molar-refractivity contribution in [1.29, 1.82) is 5.26 Å². The van der Waals surface area contributed by atoms with Gasteiger partial charge in [0.25, 0.3) is 5.91 Å². The van der Waals surface area contributed by atoms with Crippen molar-refractivity contribution in [3.8, 4) is 11.8 Å². The van der Waals surface area contributed by atoms with Crippen molar-refractivity contribution in [3.05, 3.63) is 98.8 Å². The van der Waals surface area contributed by atoms with Gasteiger partial charge < -0.3 is 10.1 Å². The lowest BCUT2D eigenvalue weighted by Crippen LogP contribution is -2.14. The first-order chi connectivity index (χ1) is 14.9. The van der Waals surface area contributed by atoms with Crippen LogP contribution in [0.5, 0.6) is 5.75 Å². The fraction of sp³-hybridized carbons (Fsp3) is 0.120. The standard InChI is InChI=1S/C25H20BrFN2O2/c1-16-3-4-17(2)23(11-16)29-25(30)20(14-28)12-19-7-10-24(22(26)13-19)31-15-18-5-8-21(27)9-6-18/h3-13H,15H2,1-2H3,(H,29,30)/b20-12+. The zero-order valence-corrected chi connectivity index (χ0v) is 18.7. The summed E-state index contributed by atoms with van der Waals surface area (Å²) in [4.78, 5) is 12.6. The average molecular weight is 479 g/mol. The van der Waals surface area contributed by atoms with Gasteiger partial charge in [-0.1, -0.05) is 30.3 Å². The van der Waals surface area contributed by atoms with Crippen LogP contribution in [0.15, 0.2) is 70.7 Å². The summed E-state index contributed by atoms with van der Waals surface area (Å²) in [6, 6.07) is 19.1. The van der Waals surface area contributed by atoms with E-state index in [2.05, 4.69) is 21.2 Å². The highest BCUT2D eigenvalue weighted by atomic mass is 79.9. The molecular weight excluding hydrogens is 459 g/mol. The molecule has 0 atom stereocenters. The van der Waals surface area contributed by atoms with Crippen molar-refractivity contribution in [3.63, 3.8) is 0 Å². The molecule has 1 amide bonds. The predicted octanol–water partition coefficient (Wildman–Crippen LogP) is 6.33. The minimum atomic E-state index is -0.469. The molecule has 31 heavy (non-hydrogen) atoms. The Hall–Kier alpha value is -3.43. The Balaban J connectivity index is 1.72. The number of hydrogen-bond donors (Lipinski definition) is 1. The van der Waals surface area contributed by atoms with E-state index in [4.69, 9.17) is 4.74 Å². The molecule has 0 heterocycles. The topological polar surface area (TPSA) is 62.1 Å². The molecule has 3 aromatic rings. The summed E-state index contributed by atoms with van der Waals surface area (Å²) < 4.78 is 19.4. The largest absolute Gasteiger partial charge is 0.488 e. The molecule has 3 aromatic carbocycles. The smallest absolute Gasteiger partial charge is 0.266 e. The van der Waals surface area contributed by atoms with Gasteiger partial charge in [0, 0.05) is 5.69 Å². The molecule has 3 rings (SSSR count). The molecule has 156 valence electrons. The Labute approximate surface area is 189 Å². The quantitative estimate of drug-likeness (QED) is 0.332.